The molecule has 33 heavy (non-hydrogen) atoms. The number of hydrogen-bond donors (Lipinski definition) is 1. The maximum atomic E-state index is 13.6. The quantitative estimate of drug-likeness (QED) is 0.666. The number of amides is 1. The molecule has 7 nitrogen and oxygen atoms in total. The average Bonchev–Trinajstić information content (AvgIpc) is 3.09. The first-order chi connectivity index (χ1) is 15.7. The van der Waals surface area contributed by atoms with Crippen molar-refractivity contribution in [1.82, 2.24) is 19.5 Å². The summed E-state index contributed by atoms with van der Waals surface area (Å²) in [6.07, 6.45) is 4.72. The number of carbonyl (C=O) groups is 1. The van der Waals surface area contributed by atoms with Gasteiger partial charge in [-0.15, -0.1) is 0 Å². The molecule has 2 fully saturated rings. The number of pyridine rings is 1. The molecule has 8 heteroatoms. The van der Waals surface area contributed by atoms with Gasteiger partial charge in [0.05, 0.1) is 17.2 Å². The molecule has 3 heterocycles. The van der Waals surface area contributed by atoms with Crippen molar-refractivity contribution in [3.05, 3.63) is 36.5 Å². The van der Waals surface area contributed by atoms with Crippen LogP contribution in [0.2, 0.25) is 0 Å². The summed E-state index contributed by atoms with van der Waals surface area (Å²) < 4.78 is 28.7. The highest BCUT2D eigenvalue weighted by Gasteiger charge is 2.53. The Bertz CT molecular complexity index is 1110. The molecule has 2 saturated heterocycles. The highest BCUT2D eigenvalue weighted by Crippen LogP contribution is 2.37. The fraction of sp³-hybridized carbons (Fsp3) is 0.600. The largest absolute Gasteiger partial charge is 0.323 e. The zero-order valence-corrected chi connectivity index (χ0v) is 20.9. The Morgan fingerprint density at radius 3 is 2.48 bits per heavy atom. The van der Waals surface area contributed by atoms with Crippen LogP contribution in [0.3, 0.4) is 0 Å². The second-order valence-electron chi connectivity index (χ2n) is 9.74. The maximum absolute atomic E-state index is 13.6. The summed E-state index contributed by atoms with van der Waals surface area (Å²) in [4.78, 5) is 20.0. The number of nitrogens with one attached hydrogen (secondary N) is 1. The summed E-state index contributed by atoms with van der Waals surface area (Å²) >= 11 is 0. The Hall–Kier alpha value is -2.03. The van der Waals surface area contributed by atoms with Crippen LogP contribution in [-0.4, -0.2) is 59.9 Å². The summed E-state index contributed by atoms with van der Waals surface area (Å²) in [5.74, 6) is 0.797. The first kappa shape index (κ1) is 24.1. The van der Waals surface area contributed by atoms with E-state index in [4.69, 9.17) is 0 Å². The van der Waals surface area contributed by atoms with Crippen molar-refractivity contribution < 1.29 is 13.2 Å². The lowest BCUT2D eigenvalue weighted by atomic mass is 9.95. The van der Waals surface area contributed by atoms with Crippen molar-refractivity contribution in [2.24, 2.45) is 11.8 Å². The van der Waals surface area contributed by atoms with E-state index < -0.39 is 15.7 Å². The summed E-state index contributed by atoms with van der Waals surface area (Å²) in [7, 11) is -3.69. The number of fused-ring (bicyclic) bond motifs is 1. The first-order valence-electron chi connectivity index (χ1n) is 12.2. The molecule has 2 aliphatic rings. The number of sulfonamides is 1. The minimum atomic E-state index is -3.69. The van der Waals surface area contributed by atoms with E-state index in [2.05, 4.69) is 38.0 Å². The molecule has 3 atom stereocenters. The van der Waals surface area contributed by atoms with Crippen LogP contribution in [0, 0.1) is 11.8 Å². The molecular formula is C25H36N4O3S. The molecule has 1 N–H and O–H groups in total. The van der Waals surface area contributed by atoms with Crippen molar-refractivity contribution in [2.75, 3.05) is 19.6 Å². The van der Waals surface area contributed by atoms with Crippen LogP contribution in [-0.2, 0) is 14.8 Å². The number of carbonyl (C=O) groups excluding carboxylic acids is 1. The molecule has 0 saturated carbocycles. The number of hydrogen-bond acceptors (Lipinski definition) is 5. The summed E-state index contributed by atoms with van der Waals surface area (Å²) in [6, 6.07) is 8.77. The Kier molecular flexibility index (Phi) is 6.80. The van der Waals surface area contributed by atoms with E-state index in [1.807, 2.05) is 23.1 Å². The molecule has 0 aliphatic carbocycles. The Morgan fingerprint density at radius 2 is 1.82 bits per heavy atom. The van der Waals surface area contributed by atoms with Gasteiger partial charge in [0.25, 0.3) is 0 Å². The van der Waals surface area contributed by atoms with Crippen molar-refractivity contribution in [1.29, 1.82) is 0 Å². The molecule has 1 amide bonds. The lowest BCUT2D eigenvalue weighted by Crippen LogP contribution is -2.60. The summed E-state index contributed by atoms with van der Waals surface area (Å²) in [5, 5.41) is 4.48. The smallest absolute Gasteiger partial charge is 0.245 e. The minimum Gasteiger partial charge on any atom is -0.323 e. The van der Waals surface area contributed by atoms with Gasteiger partial charge >= 0.3 is 0 Å². The SMILES string of the molecule is CC[C@H](C)CN1C(=O)[C@H]([C@H](C)CC)NC12CCN(S(=O)(=O)c1cccc3cccnc13)CC2. The fourth-order valence-corrected chi connectivity index (χ4v) is 6.68. The van der Waals surface area contributed by atoms with E-state index in [9.17, 15) is 13.2 Å². The molecular weight excluding hydrogens is 436 g/mol. The number of nitrogens with zero attached hydrogens (tertiary/aromatic N) is 3. The lowest BCUT2D eigenvalue weighted by Gasteiger charge is -2.45. The third-order valence-electron chi connectivity index (χ3n) is 7.64. The number of aromatic nitrogens is 1. The first-order valence-corrected chi connectivity index (χ1v) is 13.6. The van der Waals surface area contributed by atoms with E-state index in [1.54, 1.807) is 22.6 Å². The molecule has 2 aliphatic heterocycles. The van der Waals surface area contributed by atoms with Gasteiger partial charge in [0.2, 0.25) is 15.9 Å². The third kappa shape index (κ3) is 4.29. The van der Waals surface area contributed by atoms with E-state index in [-0.39, 0.29) is 22.8 Å². The summed E-state index contributed by atoms with van der Waals surface area (Å²) in [6.45, 7) is 9.98. The molecule has 1 aromatic carbocycles. The molecule has 2 aromatic rings. The van der Waals surface area contributed by atoms with Crippen molar-refractivity contribution >= 4 is 26.8 Å². The van der Waals surface area contributed by atoms with E-state index in [0.29, 0.717) is 43.9 Å². The van der Waals surface area contributed by atoms with E-state index in [0.717, 1.165) is 18.2 Å². The molecule has 0 unspecified atom stereocenters. The van der Waals surface area contributed by atoms with Crippen molar-refractivity contribution in [2.45, 2.75) is 70.0 Å². The highest BCUT2D eigenvalue weighted by molar-refractivity contribution is 7.89. The molecule has 0 radical (unpaired) electrons. The number of para-hydroxylation sites is 1. The Balaban J connectivity index is 1.60. The van der Waals surface area contributed by atoms with Crippen LogP contribution in [0.5, 0.6) is 0 Å². The third-order valence-corrected chi connectivity index (χ3v) is 9.57. The minimum absolute atomic E-state index is 0.166. The van der Waals surface area contributed by atoms with E-state index >= 15 is 0 Å². The highest BCUT2D eigenvalue weighted by atomic mass is 32.2. The Morgan fingerprint density at radius 1 is 1.12 bits per heavy atom. The predicted octanol–water partition coefficient (Wildman–Crippen LogP) is 3.61. The van der Waals surface area contributed by atoms with E-state index in [1.165, 1.54) is 0 Å². The van der Waals surface area contributed by atoms with Crippen LogP contribution in [0.25, 0.3) is 10.9 Å². The second-order valence-corrected chi connectivity index (χ2v) is 11.6. The zero-order chi connectivity index (χ0) is 23.8. The molecule has 4 rings (SSSR count). The molecule has 1 aromatic heterocycles. The molecule has 1 spiro atoms. The van der Waals surface area contributed by atoms with Gasteiger partial charge in [0.1, 0.15) is 4.90 Å². The van der Waals surface area contributed by atoms with Gasteiger partial charge in [-0.1, -0.05) is 58.7 Å². The number of benzene rings is 1. The van der Waals surface area contributed by atoms with Gasteiger partial charge in [0, 0.05) is 31.2 Å². The Labute approximate surface area is 197 Å². The zero-order valence-electron chi connectivity index (χ0n) is 20.1. The standard InChI is InChI=1S/C25H36N4O3S/c1-5-18(3)17-29-24(30)22(19(4)6-2)27-25(29)12-15-28(16-13-25)33(31,32)21-11-7-9-20-10-8-14-26-23(20)21/h7-11,14,18-19,22,27H,5-6,12-13,15-17H2,1-4H3/t18-,19+,22-/m0/s1. The second kappa shape index (κ2) is 9.31. The molecule has 180 valence electrons. The van der Waals surface area contributed by atoms with Crippen molar-refractivity contribution in [3.63, 3.8) is 0 Å². The van der Waals surface area contributed by atoms with Crippen LogP contribution in [0.15, 0.2) is 41.4 Å². The predicted molar refractivity (Wildman–Crippen MR) is 130 cm³/mol. The number of rotatable bonds is 7. The van der Waals surface area contributed by atoms with Crippen LogP contribution in [0.1, 0.15) is 53.4 Å². The van der Waals surface area contributed by atoms with Crippen LogP contribution >= 0.6 is 0 Å². The van der Waals surface area contributed by atoms with Crippen LogP contribution < -0.4 is 5.32 Å². The normalized spacial score (nSPS) is 23.3. The van der Waals surface area contributed by atoms with Gasteiger partial charge in [-0.3, -0.25) is 15.1 Å². The topological polar surface area (TPSA) is 82.6 Å². The molecule has 0 bridgehead atoms. The fourth-order valence-electron chi connectivity index (χ4n) is 5.07. The van der Waals surface area contributed by atoms with Crippen molar-refractivity contribution in [3.8, 4) is 0 Å². The number of piperidine rings is 1. The van der Waals surface area contributed by atoms with Gasteiger partial charge < -0.3 is 4.90 Å². The maximum Gasteiger partial charge on any atom is 0.245 e. The summed E-state index contributed by atoms with van der Waals surface area (Å²) in [5.41, 5.74) is 0.0298. The van der Waals surface area contributed by atoms with Gasteiger partial charge in [-0.2, -0.15) is 4.31 Å². The van der Waals surface area contributed by atoms with Gasteiger partial charge in [-0.25, -0.2) is 8.42 Å². The van der Waals surface area contributed by atoms with Crippen LogP contribution in [0.4, 0.5) is 0 Å². The van der Waals surface area contributed by atoms with Gasteiger partial charge in [-0.05, 0) is 36.8 Å². The monoisotopic (exact) mass is 472 g/mol. The average molecular weight is 473 g/mol. The van der Waals surface area contributed by atoms with Gasteiger partial charge in [0.15, 0.2) is 0 Å². The lowest BCUT2D eigenvalue weighted by molar-refractivity contribution is -0.134.